The first kappa shape index (κ1) is 41.5. The third-order valence-corrected chi connectivity index (χ3v) is 10.1. The van der Waals surface area contributed by atoms with Gasteiger partial charge in [-0.1, -0.05) is 23.9 Å². The van der Waals surface area contributed by atoms with E-state index in [-0.39, 0.29) is 77.7 Å². The van der Waals surface area contributed by atoms with E-state index in [2.05, 4.69) is 19.1 Å². The van der Waals surface area contributed by atoms with Crippen molar-refractivity contribution in [1.82, 2.24) is 0 Å². The zero-order chi connectivity index (χ0) is 36.2. The van der Waals surface area contributed by atoms with Gasteiger partial charge in [-0.25, -0.2) is 0 Å². The number of aliphatic imine (C=N–C) groups is 1. The van der Waals surface area contributed by atoms with Gasteiger partial charge in [0.1, 0.15) is 5.75 Å². The van der Waals surface area contributed by atoms with Crippen molar-refractivity contribution >= 4 is 41.4 Å². The Balaban J connectivity index is 0.000000650. The second kappa shape index (κ2) is 18.8. The number of carbonyl (C=O) groups excluding carboxylic acids is 3. The molecule has 4 aromatic carbocycles. The van der Waals surface area contributed by atoms with Crippen molar-refractivity contribution in [2.24, 2.45) is 4.99 Å². The Morgan fingerprint density at radius 3 is 2.41 bits per heavy atom. The third-order valence-electron chi connectivity index (χ3n) is 10.1. The maximum atomic E-state index is 13.7. The number of para-hydroxylation sites is 1. The summed E-state index contributed by atoms with van der Waals surface area (Å²) in [5.74, 6) is 1.85. The summed E-state index contributed by atoms with van der Waals surface area (Å²) in [6.07, 6.45) is 9.85. The number of amides is 2. The third kappa shape index (κ3) is 8.44. The number of fused-ring (bicyclic) bond motifs is 8. The Hall–Kier alpha value is -3.65. The van der Waals surface area contributed by atoms with Crippen molar-refractivity contribution in [3.63, 3.8) is 0 Å². The topological polar surface area (TPSA) is 97.7 Å². The van der Waals surface area contributed by atoms with Crippen LogP contribution in [0.15, 0.2) is 71.7 Å². The number of rotatable bonds is 10. The molecular formula is C43H42N3O6WY-3. The summed E-state index contributed by atoms with van der Waals surface area (Å²) in [5, 5.41) is 0. The normalized spacial score (nSPS) is 17.0. The molecule has 4 aliphatic heterocycles. The Morgan fingerprint density at radius 2 is 1.65 bits per heavy atom. The number of methoxy groups -OCH3 is 1. The van der Waals surface area contributed by atoms with Crippen LogP contribution in [0.25, 0.3) is 0 Å². The van der Waals surface area contributed by atoms with Gasteiger partial charge < -0.3 is 35.7 Å². The van der Waals surface area contributed by atoms with Crippen LogP contribution in [-0.2, 0) is 77.8 Å². The zero-order valence-corrected chi connectivity index (χ0v) is 36.4. The summed E-state index contributed by atoms with van der Waals surface area (Å²) < 4.78 is 18.0. The quantitative estimate of drug-likeness (QED) is 0.120. The first-order valence-corrected chi connectivity index (χ1v) is 18.0. The minimum absolute atomic E-state index is 0. The monoisotopic (exact) mass is 969 g/mol. The molecule has 277 valence electrons. The van der Waals surface area contributed by atoms with Gasteiger partial charge in [-0.3, -0.25) is 20.9 Å². The average Bonchev–Trinajstić information content (AvgIpc) is 3.66. The maximum absolute atomic E-state index is 13.7. The van der Waals surface area contributed by atoms with E-state index in [0.29, 0.717) is 60.1 Å². The van der Waals surface area contributed by atoms with Crippen molar-refractivity contribution in [3.05, 3.63) is 113 Å². The SMILES string of the molecule is COc1cc2c(cc1OCCCOc1cc3c(cc1C)C(=O)N1c4cc[c-]cc4C[C@H]1C=N3)CC[C@@H]1Cc3ccccc3N1C2=O.[CH2-]CCC[C-]=O.[W].[Y]. The standard InChI is InChI=1S/C38H34N3O5.C5H8O.W.Y/c1-23-16-30-31(39-22-28-18-26-9-4-6-11-33(26)41(28)38(30)43)21-34(23)45-14-7-15-46-36-19-24-12-13-27-17-25-8-3-5-10-32(25)40(27)37(42)29(24)20-35(36)44-2;1-2-3-4-5-6;;/h3,5-6,8-11,16,19-22,27-28H,7,12-15,17-18H2,1-2H3;1-4H2;;/q-1;-2;;/t27-,28+;;;/m1.../s1. The Kier molecular flexibility index (Phi) is 14.4. The first-order chi connectivity index (χ1) is 25.4. The summed E-state index contributed by atoms with van der Waals surface area (Å²) >= 11 is 0. The van der Waals surface area contributed by atoms with Crippen LogP contribution in [-0.4, -0.2) is 56.7 Å². The Bertz CT molecular complexity index is 2040. The fourth-order valence-electron chi connectivity index (χ4n) is 7.46. The van der Waals surface area contributed by atoms with Gasteiger partial charge >= 0.3 is 0 Å². The van der Waals surface area contributed by atoms with E-state index >= 15 is 0 Å². The Morgan fingerprint density at radius 1 is 0.889 bits per heavy atom. The summed E-state index contributed by atoms with van der Waals surface area (Å²) in [5.41, 5.74) is 8.01. The van der Waals surface area contributed by atoms with Crippen LogP contribution in [0, 0.1) is 19.9 Å². The predicted octanol–water partition coefficient (Wildman–Crippen LogP) is 7.55. The van der Waals surface area contributed by atoms with Crippen LogP contribution in [0.2, 0.25) is 0 Å². The van der Waals surface area contributed by atoms with E-state index in [1.54, 1.807) is 13.4 Å². The molecule has 0 spiro atoms. The van der Waals surface area contributed by atoms with Crippen LogP contribution in [0.3, 0.4) is 0 Å². The van der Waals surface area contributed by atoms with Crippen molar-refractivity contribution in [3.8, 4) is 17.2 Å². The minimum Gasteiger partial charge on any atom is -0.542 e. The molecule has 0 aromatic heterocycles. The summed E-state index contributed by atoms with van der Waals surface area (Å²) in [6.45, 7) is 6.34. The van der Waals surface area contributed by atoms with Crippen LogP contribution in [0.4, 0.5) is 17.1 Å². The fraction of sp³-hybridized carbons (Fsp3) is 0.326. The number of anilines is 2. The van der Waals surface area contributed by atoms with Gasteiger partial charge in [-0.2, -0.15) is 31.0 Å². The molecule has 9 nitrogen and oxygen atoms in total. The summed E-state index contributed by atoms with van der Waals surface area (Å²) in [6, 6.07) is 24.6. The summed E-state index contributed by atoms with van der Waals surface area (Å²) in [7, 11) is 1.60. The molecule has 4 aromatic rings. The van der Waals surface area contributed by atoms with Crippen molar-refractivity contribution in [1.29, 1.82) is 0 Å². The Labute approximate surface area is 357 Å². The van der Waals surface area contributed by atoms with E-state index in [1.807, 2.05) is 83.6 Å². The number of carbonyl (C=O) groups is 2. The predicted molar refractivity (Wildman–Crippen MR) is 201 cm³/mol. The molecule has 4 aliphatic rings. The summed E-state index contributed by atoms with van der Waals surface area (Å²) in [4.78, 5) is 45.2. The molecule has 54 heavy (non-hydrogen) atoms. The van der Waals surface area contributed by atoms with Gasteiger partial charge in [0.2, 0.25) is 0 Å². The molecule has 2 amide bonds. The second-order valence-corrected chi connectivity index (χ2v) is 13.4. The van der Waals surface area contributed by atoms with Gasteiger partial charge in [0.25, 0.3) is 11.8 Å². The molecule has 0 unspecified atom stereocenters. The zero-order valence-electron chi connectivity index (χ0n) is 30.6. The van der Waals surface area contributed by atoms with Crippen molar-refractivity contribution in [2.75, 3.05) is 30.1 Å². The first-order valence-electron chi connectivity index (χ1n) is 18.0. The number of nitrogens with zero attached hydrogens (tertiary/aromatic N) is 3. The molecule has 2 atom stereocenters. The number of aryl methyl sites for hydroxylation is 2. The largest absolute Gasteiger partial charge is 0.542 e. The van der Waals surface area contributed by atoms with E-state index in [9.17, 15) is 14.4 Å². The number of hydrogen-bond donors (Lipinski definition) is 0. The van der Waals surface area contributed by atoms with Gasteiger partial charge in [0, 0.05) is 89.8 Å². The number of unbranched alkanes of at least 4 members (excludes halogenated alkanes) is 2. The molecule has 0 saturated carbocycles. The number of benzene rings is 4. The number of ether oxygens (including phenoxy) is 3. The van der Waals surface area contributed by atoms with Crippen LogP contribution < -0.4 is 24.0 Å². The molecule has 11 heteroatoms. The van der Waals surface area contributed by atoms with Gasteiger partial charge in [0.15, 0.2) is 11.5 Å². The van der Waals surface area contributed by atoms with Gasteiger partial charge in [0.05, 0.1) is 37.6 Å². The molecule has 8 rings (SSSR count). The molecule has 0 bridgehead atoms. The average molecular weight is 970 g/mol. The molecule has 0 N–H and O–H groups in total. The van der Waals surface area contributed by atoms with Crippen molar-refractivity contribution < 1.29 is 82.4 Å². The molecule has 1 radical (unpaired) electrons. The minimum atomic E-state index is -0.107. The molecular weight excluding hydrogens is 927 g/mol. The smallest absolute Gasteiger partial charge is 0.259 e. The van der Waals surface area contributed by atoms with Gasteiger partial charge in [-0.15, -0.1) is 18.1 Å². The van der Waals surface area contributed by atoms with Crippen LogP contribution in [0.1, 0.15) is 75.1 Å². The van der Waals surface area contributed by atoms with E-state index in [4.69, 9.17) is 19.2 Å². The van der Waals surface area contributed by atoms with Crippen LogP contribution in [0.5, 0.6) is 17.2 Å². The molecule has 0 saturated heterocycles. The van der Waals surface area contributed by atoms with E-state index in [1.165, 1.54) is 5.56 Å². The van der Waals surface area contributed by atoms with Gasteiger partial charge in [-0.05, 0) is 73.6 Å². The van der Waals surface area contributed by atoms with E-state index in [0.717, 1.165) is 66.6 Å². The molecule has 4 heterocycles. The number of hydrogen-bond acceptors (Lipinski definition) is 7. The molecule has 0 aliphatic carbocycles. The van der Waals surface area contributed by atoms with E-state index < -0.39 is 0 Å². The molecule has 0 fully saturated rings. The fourth-order valence-corrected chi connectivity index (χ4v) is 7.46. The second-order valence-electron chi connectivity index (χ2n) is 13.4. The van der Waals surface area contributed by atoms with Crippen molar-refractivity contribution in [2.45, 2.75) is 70.4 Å². The maximum Gasteiger partial charge on any atom is 0.259 e. The van der Waals surface area contributed by atoms with Crippen LogP contribution >= 0.6 is 0 Å².